The second-order valence-corrected chi connectivity index (χ2v) is 3.41. The summed E-state index contributed by atoms with van der Waals surface area (Å²) in [5.74, 6) is 0. The molecule has 0 aromatic carbocycles. The molecule has 0 fully saturated rings. The predicted octanol–water partition coefficient (Wildman–Crippen LogP) is 0.763. The number of nitrogens with one attached hydrogen (secondary N) is 1. The quantitative estimate of drug-likeness (QED) is 0.684. The highest BCUT2D eigenvalue weighted by Crippen LogP contribution is 2.19. The van der Waals surface area contributed by atoms with Gasteiger partial charge in [0.05, 0.1) is 6.20 Å². The van der Waals surface area contributed by atoms with Gasteiger partial charge >= 0.3 is 0 Å². The molecule has 1 atom stereocenters. The van der Waals surface area contributed by atoms with Crippen LogP contribution in [0.15, 0.2) is 6.20 Å². The van der Waals surface area contributed by atoms with Crippen LogP contribution < -0.4 is 11.1 Å². The van der Waals surface area contributed by atoms with Gasteiger partial charge in [-0.15, -0.1) is 0 Å². The molecule has 0 aliphatic heterocycles. The van der Waals surface area contributed by atoms with Gasteiger partial charge in [-0.25, -0.2) is 13.8 Å². The lowest BCUT2D eigenvalue weighted by Gasteiger charge is -2.08. The molecule has 4 nitrogen and oxygen atoms in total. The topological polar surface area (TPSA) is 71.2 Å². The lowest BCUT2D eigenvalue weighted by molar-refractivity contribution is 0.00384. The molecule has 0 aliphatic carbocycles. The fraction of sp³-hybridized carbons (Fsp3) is 0.500. The molecule has 7 heteroatoms. The first-order chi connectivity index (χ1) is 6.09. The van der Waals surface area contributed by atoms with E-state index in [1.165, 1.54) is 6.20 Å². The zero-order valence-electron chi connectivity index (χ0n) is 6.58. The molecular formula is C6H9F2N3OS. The predicted molar refractivity (Wildman–Crippen MR) is 47.0 cm³/mol. The summed E-state index contributed by atoms with van der Waals surface area (Å²) in [7, 11) is 0. The Labute approximate surface area is 77.4 Å². The first-order valence-corrected chi connectivity index (χ1v) is 4.32. The molecule has 0 saturated carbocycles. The molecule has 0 saturated heterocycles. The number of nitrogens with two attached hydrogens (primary N) is 1. The second kappa shape index (κ2) is 4.33. The van der Waals surface area contributed by atoms with E-state index in [0.717, 1.165) is 11.3 Å². The van der Waals surface area contributed by atoms with Crippen molar-refractivity contribution in [2.24, 2.45) is 0 Å². The van der Waals surface area contributed by atoms with E-state index >= 15 is 0 Å². The Kier molecular flexibility index (Phi) is 3.38. The smallest absolute Gasteiger partial charge is 0.265 e. The summed E-state index contributed by atoms with van der Waals surface area (Å²) >= 11 is 1.14. The molecule has 1 rings (SSSR count). The summed E-state index contributed by atoms with van der Waals surface area (Å²) in [5.41, 5.74) is 5.35. The lowest BCUT2D eigenvalue weighted by Crippen LogP contribution is -2.26. The van der Waals surface area contributed by atoms with Crippen LogP contribution >= 0.6 is 11.3 Å². The summed E-state index contributed by atoms with van der Waals surface area (Å²) in [5, 5.41) is 12.2. The standard InChI is InChI=1S/C6H9F2N3OS/c7-5(8)3(12)1-10-6-11-2-4(9)13-6/h2-3,5,12H,1,9H2,(H,10,11). The first-order valence-electron chi connectivity index (χ1n) is 3.51. The summed E-state index contributed by atoms with van der Waals surface area (Å²) in [6.45, 7) is -0.232. The monoisotopic (exact) mass is 209 g/mol. The van der Waals surface area contributed by atoms with E-state index in [2.05, 4.69) is 10.3 Å². The Morgan fingerprint density at radius 1 is 1.69 bits per heavy atom. The second-order valence-electron chi connectivity index (χ2n) is 2.35. The molecule has 13 heavy (non-hydrogen) atoms. The Morgan fingerprint density at radius 2 is 2.38 bits per heavy atom. The molecule has 1 heterocycles. The highest BCUT2D eigenvalue weighted by molar-refractivity contribution is 7.19. The number of nitrogen functional groups attached to an aromatic ring is 1. The molecule has 1 aromatic rings. The Balaban J connectivity index is 2.35. The van der Waals surface area contributed by atoms with Crippen molar-refractivity contribution >= 4 is 21.5 Å². The number of hydrogen-bond acceptors (Lipinski definition) is 5. The third kappa shape index (κ3) is 3.11. The first kappa shape index (κ1) is 10.1. The van der Waals surface area contributed by atoms with Crippen molar-refractivity contribution in [3.05, 3.63) is 6.20 Å². The summed E-state index contributed by atoms with van der Waals surface area (Å²) in [6.07, 6.45) is -3.00. The average molecular weight is 209 g/mol. The minimum Gasteiger partial charge on any atom is -0.389 e. The molecular weight excluding hydrogens is 200 g/mol. The maximum atomic E-state index is 11.8. The number of aliphatic hydroxyl groups is 1. The minimum atomic E-state index is -2.75. The van der Waals surface area contributed by atoms with E-state index in [-0.39, 0.29) is 6.54 Å². The maximum absolute atomic E-state index is 11.8. The number of hydrogen-bond donors (Lipinski definition) is 3. The van der Waals surface area contributed by atoms with Gasteiger partial charge in [-0.3, -0.25) is 0 Å². The Hall–Kier alpha value is -0.950. The van der Waals surface area contributed by atoms with Gasteiger partial charge in [0.25, 0.3) is 6.43 Å². The van der Waals surface area contributed by atoms with E-state index in [9.17, 15) is 8.78 Å². The van der Waals surface area contributed by atoms with Crippen molar-refractivity contribution in [1.29, 1.82) is 0 Å². The number of aliphatic hydroxyl groups excluding tert-OH is 1. The summed E-state index contributed by atoms with van der Waals surface area (Å²) < 4.78 is 23.6. The van der Waals surface area contributed by atoms with Gasteiger partial charge in [0.1, 0.15) is 11.1 Å². The number of rotatable bonds is 4. The highest BCUT2D eigenvalue weighted by Gasteiger charge is 2.16. The van der Waals surface area contributed by atoms with Crippen molar-refractivity contribution in [2.45, 2.75) is 12.5 Å². The van der Waals surface area contributed by atoms with Crippen LogP contribution in [0.25, 0.3) is 0 Å². The zero-order chi connectivity index (χ0) is 9.84. The van der Waals surface area contributed by atoms with Crippen molar-refractivity contribution in [2.75, 3.05) is 17.6 Å². The van der Waals surface area contributed by atoms with Crippen molar-refractivity contribution in [3.63, 3.8) is 0 Å². The summed E-state index contributed by atoms with van der Waals surface area (Å²) in [4.78, 5) is 3.77. The number of aromatic nitrogens is 1. The molecule has 0 radical (unpaired) electrons. The van der Waals surface area contributed by atoms with Gasteiger partial charge < -0.3 is 16.2 Å². The van der Waals surface area contributed by atoms with E-state index in [4.69, 9.17) is 10.8 Å². The van der Waals surface area contributed by atoms with Crippen LogP contribution in [0.1, 0.15) is 0 Å². The van der Waals surface area contributed by atoms with Gasteiger partial charge in [-0.1, -0.05) is 11.3 Å². The number of anilines is 2. The zero-order valence-corrected chi connectivity index (χ0v) is 7.39. The van der Waals surface area contributed by atoms with Crippen LogP contribution in [0.5, 0.6) is 0 Å². The van der Waals surface area contributed by atoms with Gasteiger partial charge in [0.15, 0.2) is 5.13 Å². The fourth-order valence-corrected chi connectivity index (χ4v) is 1.24. The van der Waals surface area contributed by atoms with E-state index < -0.39 is 12.5 Å². The van der Waals surface area contributed by atoms with Crippen LogP contribution in [0, 0.1) is 0 Å². The maximum Gasteiger partial charge on any atom is 0.265 e. The van der Waals surface area contributed by atoms with Crippen molar-refractivity contribution < 1.29 is 13.9 Å². The molecule has 0 spiro atoms. The minimum absolute atomic E-state index is 0.232. The molecule has 0 bridgehead atoms. The van der Waals surface area contributed by atoms with Crippen LogP contribution in [0.3, 0.4) is 0 Å². The SMILES string of the molecule is Nc1cnc(NCC(O)C(F)F)s1. The van der Waals surface area contributed by atoms with Crippen molar-refractivity contribution in [1.82, 2.24) is 4.98 Å². The third-order valence-electron chi connectivity index (χ3n) is 1.28. The molecule has 74 valence electrons. The number of thiazole rings is 1. The van der Waals surface area contributed by atoms with Gasteiger partial charge in [0.2, 0.25) is 0 Å². The van der Waals surface area contributed by atoms with Crippen LogP contribution in [-0.4, -0.2) is 29.2 Å². The van der Waals surface area contributed by atoms with E-state index in [1.54, 1.807) is 0 Å². The molecule has 0 aliphatic rings. The fourth-order valence-electron chi connectivity index (χ4n) is 0.649. The molecule has 1 aromatic heterocycles. The number of halogens is 2. The molecule has 4 N–H and O–H groups in total. The third-order valence-corrected chi connectivity index (χ3v) is 2.06. The number of alkyl halides is 2. The Morgan fingerprint density at radius 3 is 2.85 bits per heavy atom. The van der Waals surface area contributed by atoms with Gasteiger partial charge in [-0.05, 0) is 0 Å². The average Bonchev–Trinajstić information content (AvgIpc) is 2.47. The van der Waals surface area contributed by atoms with E-state index in [0.29, 0.717) is 10.1 Å². The largest absolute Gasteiger partial charge is 0.389 e. The lowest BCUT2D eigenvalue weighted by atomic mass is 10.4. The molecule has 0 amide bonds. The van der Waals surface area contributed by atoms with Crippen LogP contribution in [0.4, 0.5) is 18.9 Å². The Bertz CT molecular complexity index is 268. The van der Waals surface area contributed by atoms with Crippen LogP contribution in [0.2, 0.25) is 0 Å². The summed E-state index contributed by atoms with van der Waals surface area (Å²) in [6, 6.07) is 0. The van der Waals surface area contributed by atoms with Gasteiger partial charge in [0, 0.05) is 6.54 Å². The van der Waals surface area contributed by atoms with Gasteiger partial charge in [-0.2, -0.15) is 0 Å². The van der Waals surface area contributed by atoms with Crippen LogP contribution in [-0.2, 0) is 0 Å². The van der Waals surface area contributed by atoms with E-state index in [1.807, 2.05) is 0 Å². The highest BCUT2D eigenvalue weighted by atomic mass is 32.1. The normalized spacial score (nSPS) is 13.2. The van der Waals surface area contributed by atoms with Crippen molar-refractivity contribution in [3.8, 4) is 0 Å². The molecule has 1 unspecified atom stereocenters. The number of nitrogens with zero attached hydrogens (tertiary/aromatic N) is 1.